The van der Waals surface area contributed by atoms with E-state index in [-0.39, 0.29) is 42.7 Å². The van der Waals surface area contributed by atoms with Crippen molar-refractivity contribution < 1.29 is 9.53 Å². The van der Waals surface area contributed by atoms with E-state index in [0.29, 0.717) is 5.92 Å². The van der Waals surface area contributed by atoms with Crippen molar-refractivity contribution in [3.63, 3.8) is 0 Å². The largest absolute Gasteiger partial charge is 0.381 e. The van der Waals surface area contributed by atoms with Crippen LogP contribution in [0.25, 0.3) is 11.0 Å². The normalized spacial score (nSPS) is 20.0. The highest BCUT2D eigenvalue weighted by atomic mass is 35.5. The summed E-state index contributed by atoms with van der Waals surface area (Å²) in [5, 5.41) is 1.20. The number of rotatable bonds is 3. The van der Waals surface area contributed by atoms with Crippen LogP contribution < -0.4 is 5.73 Å². The SMILES string of the molecule is Cl.Cl.NC(C(=O)N1CCC(c2c[nH]c3ncccc23)CC1)C1CCOCC1. The van der Waals surface area contributed by atoms with Crippen molar-refractivity contribution >= 4 is 41.8 Å². The highest BCUT2D eigenvalue weighted by molar-refractivity contribution is 5.85. The van der Waals surface area contributed by atoms with E-state index in [1.165, 1.54) is 10.9 Å². The minimum atomic E-state index is -0.377. The summed E-state index contributed by atoms with van der Waals surface area (Å²) in [6.07, 6.45) is 7.63. The summed E-state index contributed by atoms with van der Waals surface area (Å²) in [6.45, 7) is 3.02. The van der Waals surface area contributed by atoms with Gasteiger partial charge in [0.25, 0.3) is 0 Å². The molecule has 2 aliphatic rings. The van der Waals surface area contributed by atoms with Gasteiger partial charge in [-0.2, -0.15) is 0 Å². The van der Waals surface area contributed by atoms with Crippen molar-refractivity contribution in [2.75, 3.05) is 26.3 Å². The van der Waals surface area contributed by atoms with Gasteiger partial charge in [-0.15, -0.1) is 24.8 Å². The summed E-state index contributed by atoms with van der Waals surface area (Å²) in [5.74, 6) is 0.853. The number of halogens is 2. The monoisotopic (exact) mass is 414 g/mol. The third-order valence-electron chi connectivity index (χ3n) is 5.79. The molecule has 2 aromatic rings. The van der Waals surface area contributed by atoms with Crippen molar-refractivity contribution in [1.82, 2.24) is 14.9 Å². The maximum Gasteiger partial charge on any atom is 0.239 e. The Hall–Kier alpha value is -1.34. The number of aromatic amines is 1. The molecule has 150 valence electrons. The van der Waals surface area contributed by atoms with Gasteiger partial charge >= 0.3 is 0 Å². The van der Waals surface area contributed by atoms with Crippen LogP contribution >= 0.6 is 24.8 Å². The number of nitrogens with one attached hydrogen (secondary N) is 1. The maximum atomic E-state index is 12.7. The van der Waals surface area contributed by atoms with Crippen LogP contribution in [0.4, 0.5) is 0 Å². The van der Waals surface area contributed by atoms with Gasteiger partial charge in [0, 0.05) is 44.1 Å². The molecule has 4 rings (SSSR count). The Morgan fingerprint density at radius 3 is 2.63 bits per heavy atom. The summed E-state index contributed by atoms with van der Waals surface area (Å²) in [4.78, 5) is 22.3. The number of likely N-dealkylation sites (tertiary alicyclic amines) is 1. The molecule has 27 heavy (non-hydrogen) atoms. The van der Waals surface area contributed by atoms with Crippen LogP contribution in [0.3, 0.4) is 0 Å². The second-order valence-corrected chi connectivity index (χ2v) is 7.22. The molecule has 3 N–H and O–H groups in total. The molecule has 1 atom stereocenters. The lowest BCUT2D eigenvalue weighted by molar-refractivity contribution is -0.135. The highest BCUT2D eigenvalue weighted by Gasteiger charge is 2.32. The summed E-state index contributed by atoms with van der Waals surface area (Å²) in [5.41, 5.74) is 8.53. The number of amides is 1. The van der Waals surface area contributed by atoms with Crippen LogP contribution in [0.2, 0.25) is 0 Å². The first kappa shape index (κ1) is 22.0. The molecule has 0 aromatic carbocycles. The number of ether oxygens (including phenoxy) is 1. The Kier molecular flexibility index (Phi) is 7.91. The second-order valence-electron chi connectivity index (χ2n) is 7.22. The van der Waals surface area contributed by atoms with E-state index < -0.39 is 0 Å². The van der Waals surface area contributed by atoms with E-state index >= 15 is 0 Å². The smallest absolute Gasteiger partial charge is 0.239 e. The molecule has 8 heteroatoms. The van der Waals surface area contributed by atoms with E-state index in [9.17, 15) is 4.79 Å². The molecule has 2 aliphatic heterocycles. The van der Waals surface area contributed by atoms with Gasteiger partial charge in [-0.25, -0.2) is 4.98 Å². The first-order valence-corrected chi connectivity index (χ1v) is 9.28. The number of nitrogens with zero attached hydrogens (tertiary/aromatic N) is 2. The minimum Gasteiger partial charge on any atom is -0.381 e. The Morgan fingerprint density at radius 2 is 1.93 bits per heavy atom. The summed E-state index contributed by atoms with van der Waals surface area (Å²) < 4.78 is 5.38. The van der Waals surface area contributed by atoms with Crippen molar-refractivity contribution in [3.8, 4) is 0 Å². The lowest BCUT2D eigenvalue weighted by atomic mass is 9.87. The van der Waals surface area contributed by atoms with Crippen LogP contribution in [-0.4, -0.2) is 53.1 Å². The molecule has 2 saturated heterocycles. The van der Waals surface area contributed by atoms with Gasteiger partial charge in [0.1, 0.15) is 5.65 Å². The van der Waals surface area contributed by atoms with Gasteiger partial charge in [-0.05, 0) is 55.2 Å². The summed E-state index contributed by atoms with van der Waals surface area (Å²) >= 11 is 0. The van der Waals surface area contributed by atoms with Crippen molar-refractivity contribution in [2.45, 2.75) is 37.6 Å². The number of pyridine rings is 1. The Morgan fingerprint density at radius 1 is 1.22 bits per heavy atom. The van der Waals surface area contributed by atoms with Crippen molar-refractivity contribution in [1.29, 1.82) is 0 Å². The van der Waals surface area contributed by atoms with Crippen LogP contribution in [0.1, 0.15) is 37.2 Å². The molecule has 2 fully saturated rings. The fourth-order valence-electron chi connectivity index (χ4n) is 4.21. The van der Waals surface area contributed by atoms with Gasteiger partial charge in [-0.3, -0.25) is 4.79 Å². The van der Waals surface area contributed by atoms with Crippen LogP contribution in [0.15, 0.2) is 24.5 Å². The number of hydrogen-bond acceptors (Lipinski definition) is 4. The van der Waals surface area contributed by atoms with E-state index in [2.05, 4.69) is 22.2 Å². The fourth-order valence-corrected chi connectivity index (χ4v) is 4.21. The highest BCUT2D eigenvalue weighted by Crippen LogP contribution is 2.33. The summed E-state index contributed by atoms with van der Waals surface area (Å²) in [7, 11) is 0. The van der Waals surface area contributed by atoms with Gasteiger partial charge in [-0.1, -0.05) is 0 Å². The first-order valence-electron chi connectivity index (χ1n) is 9.28. The van der Waals surface area contributed by atoms with Gasteiger partial charge < -0.3 is 20.4 Å². The van der Waals surface area contributed by atoms with Gasteiger partial charge in [0.15, 0.2) is 0 Å². The van der Waals surface area contributed by atoms with E-state index in [1.807, 2.05) is 17.2 Å². The van der Waals surface area contributed by atoms with E-state index in [4.69, 9.17) is 10.5 Å². The minimum absolute atomic E-state index is 0. The molecule has 6 nitrogen and oxygen atoms in total. The molecule has 0 bridgehead atoms. The van der Waals surface area contributed by atoms with Gasteiger partial charge in [0.2, 0.25) is 5.91 Å². The van der Waals surface area contributed by atoms with Gasteiger partial charge in [0.05, 0.1) is 6.04 Å². The topological polar surface area (TPSA) is 84.2 Å². The quantitative estimate of drug-likeness (QED) is 0.808. The average molecular weight is 415 g/mol. The average Bonchev–Trinajstić information content (AvgIpc) is 3.12. The zero-order valence-corrected chi connectivity index (χ0v) is 16.9. The molecule has 4 heterocycles. The zero-order chi connectivity index (χ0) is 17.2. The number of nitrogens with two attached hydrogens (primary N) is 1. The number of carbonyl (C=O) groups excluding carboxylic acids is 1. The molecular formula is C19H28Cl2N4O2. The fraction of sp³-hybridized carbons (Fsp3) is 0.579. The summed E-state index contributed by atoms with van der Waals surface area (Å²) in [6, 6.07) is 3.72. The Balaban J connectivity index is 0.00000131. The predicted molar refractivity (Wildman–Crippen MR) is 111 cm³/mol. The van der Waals surface area contributed by atoms with Crippen LogP contribution in [-0.2, 0) is 9.53 Å². The third-order valence-corrected chi connectivity index (χ3v) is 5.79. The third kappa shape index (κ3) is 4.57. The molecule has 0 spiro atoms. The molecule has 1 amide bonds. The van der Waals surface area contributed by atoms with Crippen LogP contribution in [0, 0.1) is 5.92 Å². The van der Waals surface area contributed by atoms with Crippen molar-refractivity contribution in [2.24, 2.45) is 11.7 Å². The van der Waals surface area contributed by atoms with Crippen LogP contribution in [0.5, 0.6) is 0 Å². The zero-order valence-electron chi connectivity index (χ0n) is 15.3. The van der Waals surface area contributed by atoms with Crippen molar-refractivity contribution in [3.05, 3.63) is 30.1 Å². The predicted octanol–water partition coefficient (Wildman–Crippen LogP) is 2.87. The molecule has 1 unspecified atom stereocenters. The molecule has 0 aliphatic carbocycles. The van der Waals surface area contributed by atoms with E-state index in [1.54, 1.807) is 0 Å². The standard InChI is InChI=1S/C19H26N4O2.2ClH/c20-17(14-5-10-25-11-6-14)19(24)23-8-3-13(4-9-23)16-12-22-18-15(16)2-1-7-21-18;;/h1-2,7,12-14,17H,3-6,8-11,20H2,(H,21,22);2*1H. The number of fused-ring (bicyclic) bond motifs is 1. The second kappa shape index (κ2) is 9.73. The lowest BCUT2D eigenvalue weighted by Gasteiger charge is -2.36. The molecule has 0 radical (unpaired) electrons. The molecular weight excluding hydrogens is 387 g/mol. The number of hydrogen-bond donors (Lipinski definition) is 2. The molecule has 2 aromatic heterocycles. The number of carbonyl (C=O) groups is 1. The number of H-pyrrole nitrogens is 1. The molecule has 0 saturated carbocycles. The lowest BCUT2D eigenvalue weighted by Crippen LogP contribution is -2.51. The number of aromatic nitrogens is 2. The number of piperidine rings is 1. The maximum absolute atomic E-state index is 12.7. The van der Waals surface area contributed by atoms with E-state index in [0.717, 1.165) is 57.6 Å². The Labute approximate surface area is 172 Å². The first-order chi connectivity index (χ1) is 12.2. The Bertz CT molecular complexity index is 740.